The highest BCUT2D eigenvalue weighted by molar-refractivity contribution is 5.99. The molecule has 41 heavy (non-hydrogen) atoms. The van der Waals surface area contributed by atoms with E-state index in [-0.39, 0.29) is 40.9 Å². The lowest BCUT2D eigenvalue weighted by Crippen LogP contribution is -2.54. The van der Waals surface area contributed by atoms with Crippen molar-refractivity contribution in [2.45, 2.75) is 103 Å². The van der Waals surface area contributed by atoms with Crippen LogP contribution < -0.4 is 16.4 Å². The Kier molecular flexibility index (Phi) is 7.24. The highest BCUT2D eigenvalue weighted by atomic mass is 16.2. The number of imide groups is 1. The van der Waals surface area contributed by atoms with Crippen LogP contribution in [0.15, 0.2) is 36.4 Å². The van der Waals surface area contributed by atoms with Crippen molar-refractivity contribution < 1.29 is 14.4 Å². The second-order valence-electron chi connectivity index (χ2n) is 13.7. The van der Waals surface area contributed by atoms with Crippen LogP contribution in [0.5, 0.6) is 0 Å². The number of amides is 3. The summed E-state index contributed by atoms with van der Waals surface area (Å²) in [5.74, 6) is 0.349. The molecule has 2 aromatic rings. The third-order valence-electron chi connectivity index (χ3n) is 11.5. The Morgan fingerprint density at radius 2 is 1.63 bits per heavy atom. The summed E-state index contributed by atoms with van der Waals surface area (Å²) in [6, 6.07) is 12.5. The summed E-state index contributed by atoms with van der Waals surface area (Å²) in [6.07, 6.45) is 9.86. The summed E-state index contributed by atoms with van der Waals surface area (Å²) in [5, 5.41) is 6.01. The van der Waals surface area contributed by atoms with Gasteiger partial charge in [0.2, 0.25) is 17.7 Å². The minimum Gasteiger partial charge on any atom is -0.399 e. The van der Waals surface area contributed by atoms with Gasteiger partial charge < -0.3 is 11.1 Å². The summed E-state index contributed by atoms with van der Waals surface area (Å²) in [7, 11) is 0. The van der Waals surface area contributed by atoms with Crippen molar-refractivity contribution >= 4 is 29.1 Å². The van der Waals surface area contributed by atoms with Crippen LogP contribution in [0.4, 0.5) is 11.4 Å². The zero-order valence-electron chi connectivity index (χ0n) is 24.9. The number of nitrogens with one attached hydrogen (secondary N) is 2. The average molecular weight is 556 g/mol. The van der Waals surface area contributed by atoms with Crippen LogP contribution in [0.1, 0.15) is 107 Å². The molecule has 6 unspecified atom stereocenters. The largest absolute Gasteiger partial charge is 0.399 e. The number of rotatable bonds is 4. The number of hydrogen-bond acceptors (Lipinski definition) is 4. The molecule has 0 heterocycles. The van der Waals surface area contributed by atoms with Crippen molar-refractivity contribution in [1.82, 2.24) is 5.32 Å². The Morgan fingerprint density at radius 1 is 0.902 bits per heavy atom. The summed E-state index contributed by atoms with van der Waals surface area (Å²) in [4.78, 5) is 40.0. The Morgan fingerprint density at radius 3 is 2.44 bits per heavy atom. The molecule has 4 aliphatic rings. The number of anilines is 2. The van der Waals surface area contributed by atoms with E-state index in [4.69, 9.17) is 5.73 Å². The van der Waals surface area contributed by atoms with Gasteiger partial charge in [0, 0.05) is 23.7 Å². The Bertz CT molecular complexity index is 1380. The minimum atomic E-state index is -0.565. The number of hydrogen-bond donors (Lipinski definition) is 3. The summed E-state index contributed by atoms with van der Waals surface area (Å²) >= 11 is 0. The van der Waals surface area contributed by atoms with E-state index in [1.54, 1.807) is 0 Å². The molecular formula is C35H45N3O3. The second-order valence-corrected chi connectivity index (χ2v) is 13.7. The number of carbonyl (C=O) groups is 3. The van der Waals surface area contributed by atoms with Gasteiger partial charge >= 0.3 is 0 Å². The van der Waals surface area contributed by atoms with Crippen molar-refractivity contribution in [3.05, 3.63) is 58.7 Å². The first-order valence-electron chi connectivity index (χ1n) is 15.8. The van der Waals surface area contributed by atoms with E-state index in [0.717, 1.165) is 75.6 Å². The van der Waals surface area contributed by atoms with Gasteiger partial charge in [-0.2, -0.15) is 0 Å². The number of nitrogens with two attached hydrogens (primary N) is 1. The van der Waals surface area contributed by atoms with Crippen molar-refractivity contribution in [1.29, 1.82) is 0 Å². The number of carbonyl (C=O) groups excluding carboxylic acids is 3. The lowest BCUT2D eigenvalue weighted by molar-refractivity contribution is -0.144. The maximum absolute atomic E-state index is 14.0. The standard InChI is InChI=1S/C35H45N3O3/c1-4-31(39)37-24-14-10-22-12-16-29-26(8-6-17-34(29,2)30(22)20-24)32(40)38-33(41)35(3)18-5-7-25-27-19-23(36)13-9-21(27)11-15-28(25)35/h9-10,13-14,19-20,25-26,28-29H,4-8,11-12,15-18,36H2,1-3H3,(H,37,39)(H,38,40,41). The molecule has 2 fully saturated rings. The first-order valence-corrected chi connectivity index (χ1v) is 15.8. The topological polar surface area (TPSA) is 101 Å². The summed E-state index contributed by atoms with van der Waals surface area (Å²) < 4.78 is 0. The fourth-order valence-electron chi connectivity index (χ4n) is 9.19. The van der Waals surface area contributed by atoms with E-state index in [1.165, 1.54) is 22.3 Å². The highest BCUT2D eigenvalue weighted by Gasteiger charge is 2.52. The molecule has 218 valence electrons. The third-order valence-corrected chi connectivity index (χ3v) is 11.5. The molecule has 4 aliphatic carbocycles. The molecule has 0 saturated heterocycles. The molecule has 6 rings (SSSR count). The summed E-state index contributed by atoms with van der Waals surface area (Å²) in [5.41, 5.74) is 12.3. The Hall–Kier alpha value is -3.15. The van der Waals surface area contributed by atoms with Gasteiger partial charge in [0.1, 0.15) is 0 Å². The monoisotopic (exact) mass is 555 g/mol. The molecule has 4 N–H and O–H groups in total. The SMILES string of the molecule is CCC(=O)Nc1ccc2c(c1)C1(C)CCCC(C(=O)NC(=O)C3(C)CCCC4c5cc(N)ccc5CCC43)C1CC2. The molecule has 3 amide bonds. The predicted octanol–water partition coefficient (Wildman–Crippen LogP) is 6.42. The molecule has 6 nitrogen and oxygen atoms in total. The van der Waals surface area contributed by atoms with Crippen molar-refractivity contribution in [2.24, 2.45) is 23.2 Å². The normalized spacial score (nSPS) is 32.0. The van der Waals surface area contributed by atoms with Crippen molar-refractivity contribution in [3.63, 3.8) is 0 Å². The van der Waals surface area contributed by atoms with Gasteiger partial charge in [-0.05, 0) is 121 Å². The van der Waals surface area contributed by atoms with Crippen LogP contribution >= 0.6 is 0 Å². The van der Waals surface area contributed by atoms with E-state index >= 15 is 0 Å². The van der Waals surface area contributed by atoms with Gasteiger partial charge in [0.25, 0.3) is 0 Å². The van der Waals surface area contributed by atoms with Crippen LogP contribution in [0.25, 0.3) is 0 Å². The van der Waals surface area contributed by atoms with Crippen LogP contribution in [-0.2, 0) is 32.6 Å². The average Bonchev–Trinajstić information content (AvgIpc) is 2.96. The van der Waals surface area contributed by atoms with E-state index < -0.39 is 5.41 Å². The Balaban J connectivity index is 1.21. The molecule has 0 aliphatic heterocycles. The van der Waals surface area contributed by atoms with Crippen LogP contribution in [0, 0.1) is 23.2 Å². The fraction of sp³-hybridized carbons (Fsp3) is 0.571. The van der Waals surface area contributed by atoms with Crippen molar-refractivity contribution in [2.75, 3.05) is 11.1 Å². The first kappa shape index (κ1) is 28.0. The van der Waals surface area contributed by atoms with Gasteiger partial charge in [0.15, 0.2) is 0 Å². The molecular weight excluding hydrogens is 510 g/mol. The van der Waals surface area contributed by atoms with Gasteiger partial charge in [-0.25, -0.2) is 0 Å². The van der Waals surface area contributed by atoms with E-state index in [2.05, 4.69) is 48.7 Å². The molecule has 2 aromatic carbocycles. The first-order chi connectivity index (χ1) is 19.6. The zero-order chi connectivity index (χ0) is 28.9. The fourth-order valence-corrected chi connectivity index (χ4v) is 9.19. The third kappa shape index (κ3) is 4.77. The number of nitrogen functional groups attached to an aromatic ring is 1. The second kappa shape index (κ2) is 10.6. The van der Waals surface area contributed by atoms with Crippen LogP contribution in [0.3, 0.4) is 0 Å². The molecule has 0 bridgehead atoms. The minimum absolute atomic E-state index is 0.00485. The zero-order valence-corrected chi connectivity index (χ0v) is 24.9. The molecule has 0 aromatic heterocycles. The van der Waals surface area contributed by atoms with Crippen LogP contribution in [-0.4, -0.2) is 17.7 Å². The smallest absolute Gasteiger partial charge is 0.232 e. The van der Waals surface area contributed by atoms with Gasteiger partial charge in [-0.15, -0.1) is 0 Å². The highest BCUT2D eigenvalue weighted by Crippen LogP contribution is 2.55. The van der Waals surface area contributed by atoms with E-state index in [0.29, 0.717) is 12.3 Å². The molecule has 6 heteroatoms. The number of benzene rings is 2. The molecule has 6 atom stereocenters. The molecule has 0 spiro atoms. The molecule has 0 radical (unpaired) electrons. The lowest BCUT2D eigenvalue weighted by Gasteiger charge is -2.50. The van der Waals surface area contributed by atoms with E-state index in [1.807, 2.05) is 19.1 Å². The van der Waals surface area contributed by atoms with Crippen LogP contribution in [0.2, 0.25) is 0 Å². The maximum Gasteiger partial charge on any atom is 0.232 e. The van der Waals surface area contributed by atoms with Gasteiger partial charge in [0.05, 0.1) is 5.41 Å². The maximum atomic E-state index is 14.0. The quantitative estimate of drug-likeness (QED) is 0.299. The van der Waals surface area contributed by atoms with Crippen molar-refractivity contribution in [3.8, 4) is 0 Å². The number of fused-ring (bicyclic) bond motifs is 6. The summed E-state index contributed by atoms with van der Waals surface area (Å²) in [6.45, 7) is 6.24. The van der Waals surface area contributed by atoms with E-state index in [9.17, 15) is 14.4 Å². The predicted molar refractivity (Wildman–Crippen MR) is 162 cm³/mol. The molecule has 2 saturated carbocycles. The Labute approximate surface area is 244 Å². The lowest BCUT2D eigenvalue weighted by atomic mass is 9.54. The number of aryl methyl sites for hydroxylation is 2. The van der Waals surface area contributed by atoms with Gasteiger partial charge in [-0.3, -0.25) is 19.7 Å². The van der Waals surface area contributed by atoms with Gasteiger partial charge in [-0.1, -0.05) is 45.7 Å².